The molecule has 0 aliphatic rings. The number of aryl methyl sites for hydroxylation is 3. The van der Waals surface area contributed by atoms with Crippen molar-refractivity contribution < 1.29 is 5.11 Å². The van der Waals surface area contributed by atoms with Gasteiger partial charge in [0.05, 0.1) is 12.1 Å². The highest BCUT2D eigenvalue weighted by atomic mass is 35.5. The summed E-state index contributed by atoms with van der Waals surface area (Å²) in [6.07, 6.45) is 0.235. The molecule has 0 aliphatic carbocycles. The molecule has 0 aromatic heterocycles. The highest BCUT2D eigenvalue weighted by Crippen LogP contribution is 2.25. The molecule has 2 atom stereocenters. The van der Waals surface area contributed by atoms with Gasteiger partial charge in [-0.05, 0) is 43.9 Å². The average molecular weight is 244 g/mol. The van der Waals surface area contributed by atoms with E-state index in [0.717, 1.165) is 5.56 Å². The van der Waals surface area contributed by atoms with Crippen molar-refractivity contribution in [1.82, 2.24) is 0 Å². The van der Waals surface area contributed by atoms with Crippen LogP contribution in [0.5, 0.6) is 0 Å². The molecular formula is C13H22ClNO. The number of hydrogen-bond donors (Lipinski definition) is 2. The molecular weight excluding hydrogens is 222 g/mol. The van der Waals surface area contributed by atoms with Gasteiger partial charge in [0.15, 0.2) is 0 Å². The zero-order valence-corrected chi connectivity index (χ0v) is 11.3. The van der Waals surface area contributed by atoms with Crippen molar-refractivity contribution >= 4 is 12.4 Å². The monoisotopic (exact) mass is 243 g/mol. The zero-order valence-electron chi connectivity index (χ0n) is 10.4. The van der Waals surface area contributed by atoms with Crippen LogP contribution >= 0.6 is 12.4 Å². The number of rotatable bonds is 3. The summed E-state index contributed by atoms with van der Waals surface area (Å²) >= 11 is 0. The van der Waals surface area contributed by atoms with E-state index in [4.69, 9.17) is 5.73 Å². The topological polar surface area (TPSA) is 46.2 Å². The Morgan fingerprint density at radius 3 is 2.00 bits per heavy atom. The van der Waals surface area contributed by atoms with Gasteiger partial charge in [-0.1, -0.05) is 24.6 Å². The minimum atomic E-state index is -0.454. The first-order chi connectivity index (χ1) is 6.97. The van der Waals surface area contributed by atoms with Crippen LogP contribution in [0.3, 0.4) is 0 Å². The maximum absolute atomic E-state index is 9.77. The van der Waals surface area contributed by atoms with Gasteiger partial charge in [-0.15, -0.1) is 12.4 Å². The fraction of sp³-hybridized carbons (Fsp3) is 0.538. The molecule has 0 aliphatic heterocycles. The van der Waals surface area contributed by atoms with Gasteiger partial charge in [0.2, 0.25) is 0 Å². The number of aliphatic hydroxyl groups is 1. The minimum absolute atomic E-state index is 0. The van der Waals surface area contributed by atoms with Gasteiger partial charge in [0, 0.05) is 0 Å². The Bertz CT molecular complexity index is 329. The predicted molar refractivity (Wildman–Crippen MR) is 71.1 cm³/mol. The van der Waals surface area contributed by atoms with Crippen LogP contribution in [0.4, 0.5) is 0 Å². The van der Waals surface area contributed by atoms with Crippen molar-refractivity contribution in [1.29, 1.82) is 0 Å². The second-order valence-electron chi connectivity index (χ2n) is 4.31. The number of benzene rings is 1. The van der Waals surface area contributed by atoms with Gasteiger partial charge in [-0.25, -0.2) is 0 Å². The van der Waals surface area contributed by atoms with Crippen LogP contribution in [0, 0.1) is 20.8 Å². The Morgan fingerprint density at radius 1 is 1.19 bits per heavy atom. The fourth-order valence-electron chi connectivity index (χ4n) is 2.16. The molecule has 0 saturated heterocycles. The van der Waals surface area contributed by atoms with E-state index in [2.05, 4.69) is 32.9 Å². The molecule has 0 spiro atoms. The summed E-state index contributed by atoms with van der Waals surface area (Å²) in [6, 6.07) is 3.96. The molecule has 0 amide bonds. The Kier molecular flexibility index (Phi) is 6.01. The summed E-state index contributed by atoms with van der Waals surface area (Å²) in [6.45, 7) is 8.13. The van der Waals surface area contributed by atoms with E-state index in [0.29, 0.717) is 6.42 Å². The van der Waals surface area contributed by atoms with Crippen molar-refractivity contribution in [3.63, 3.8) is 0 Å². The molecule has 3 N–H and O–H groups in total. The lowest BCUT2D eigenvalue weighted by Crippen LogP contribution is -2.27. The van der Waals surface area contributed by atoms with Crippen LogP contribution in [0.25, 0.3) is 0 Å². The number of aliphatic hydroxyl groups excluding tert-OH is 1. The van der Waals surface area contributed by atoms with E-state index in [1.54, 1.807) is 0 Å². The maximum Gasteiger partial charge on any atom is 0.0730 e. The molecule has 0 fully saturated rings. The molecule has 1 aromatic rings. The normalized spacial score (nSPS) is 14.1. The van der Waals surface area contributed by atoms with E-state index in [1.807, 2.05) is 6.92 Å². The molecule has 0 saturated carbocycles. The Balaban J connectivity index is 0.00000225. The highest BCUT2D eigenvalue weighted by molar-refractivity contribution is 5.85. The van der Waals surface area contributed by atoms with Gasteiger partial charge < -0.3 is 10.8 Å². The first kappa shape index (κ1) is 15.4. The predicted octanol–water partition coefficient (Wildman–Crippen LogP) is 2.80. The molecule has 0 radical (unpaired) electrons. The molecule has 16 heavy (non-hydrogen) atoms. The highest BCUT2D eigenvalue weighted by Gasteiger charge is 2.18. The summed E-state index contributed by atoms with van der Waals surface area (Å²) < 4.78 is 0. The van der Waals surface area contributed by atoms with Crippen LogP contribution in [0.1, 0.15) is 41.6 Å². The fourth-order valence-corrected chi connectivity index (χ4v) is 2.16. The number of nitrogens with two attached hydrogens (primary N) is 1. The van der Waals surface area contributed by atoms with Crippen molar-refractivity contribution in [3.8, 4) is 0 Å². The van der Waals surface area contributed by atoms with Crippen molar-refractivity contribution in [2.75, 3.05) is 0 Å². The van der Waals surface area contributed by atoms with E-state index in [9.17, 15) is 5.11 Å². The molecule has 0 unspecified atom stereocenters. The van der Waals surface area contributed by atoms with Crippen LogP contribution in [-0.4, -0.2) is 11.2 Å². The first-order valence-corrected chi connectivity index (χ1v) is 5.48. The van der Waals surface area contributed by atoms with Crippen LogP contribution in [0.15, 0.2) is 12.1 Å². The quantitative estimate of drug-likeness (QED) is 0.858. The first-order valence-electron chi connectivity index (χ1n) is 5.48. The third-order valence-corrected chi connectivity index (χ3v) is 2.90. The van der Waals surface area contributed by atoms with Crippen molar-refractivity contribution in [3.05, 3.63) is 34.4 Å². The Labute approximate surface area is 104 Å². The van der Waals surface area contributed by atoms with Gasteiger partial charge >= 0.3 is 0 Å². The largest absolute Gasteiger partial charge is 0.391 e. The summed E-state index contributed by atoms with van der Waals surface area (Å²) in [5.41, 5.74) is 10.7. The van der Waals surface area contributed by atoms with E-state index in [-0.39, 0.29) is 18.4 Å². The number of halogens is 1. The Hall–Kier alpha value is -0.570. The lowest BCUT2D eigenvalue weighted by Gasteiger charge is -2.22. The molecule has 0 bridgehead atoms. The summed E-state index contributed by atoms with van der Waals surface area (Å²) in [7, 11) is 0. The van der Waals surface area contributed by atoms with Crippen LogP contribution < -0.4 is 5.73 Å². The van der Waals surface area contributed by atoms with E-state index >= 15 is 0 Å². The lowest BCUT2D eigenvalue weighted by molar-refractivity contribution is 0.140. The molecule has 1 rings (SSSR count). The third kappa shape index (κ3) is 3.21. The van der Waals surface area contributed by atoms with Gasteiger partial charge in [-0.3, -0.25) is 0 Å². The molecule has 2 nitrogen and oxygen atoms in total. The average Bonchev–Trinajstić information content (AvgIpc) is 2.14. The second-order valence-corrected chi connectivity index (χ2v) is 4.31. The van der Waals surface area contributed by atoms with Gasteiger partial charge in [-0.2, -0.15) is 0 Å². The smallest absolute Gasteiger partial charge is 0.0730 e. The second kappa shape index (κ2) is 6.24. The van der Waals surface area contributed by atoms with E-state index in [1.165, 1.54) is 16.7 Å². The summed E-state index contributed by atoms with van der Waals surface area (Å²) in [5.74, 6) is 0. The molecule has 1 aromatic carbocycles. The van der Waals surface area contributed by atoms with Gasteiger partial charge in [0.1, 0.15) is 0 Å². The number of hydrogen-bond acceptors (Lipinski definition) is 2. The van der Waals surface area contributed by atoms with Crippen LogP contribution in [-0.2, 0) is 0 Å². The molecule has 92 valence electrons. The minimum Gasteiger partial charge on any atom is -0.391 e. The molecule has 3 heteroatoms. The maximum atomic E-state index is 9.77. The molecule has 0 heterocycles. The lowest BCUT2D eigenvalue weighted by atomic mass is 9.91. The van der Waals surface area contributed by atoms with E-state index < -0.39 is 6.10 Å². The van der Waals surface area contributed by atoms with Crippen molar-refractivity contribution in [2.24, 2.45) is 5.73 Å². The summed E-state index contributed by atoms with van der Waals surface area (Å²) in [5, 5.41) is 9.77. The standard InChI is InChI=1S/C13H21NO.ClH/c1-5-11(15)13(14)12-9(3)6-8(2)7-10(12)4;/h6-7,11,13,15H,5,14H2,1-4H3;1H/t11-,13-;/m0./s1. The van der Waals surface area contributed by atoms with Gasteiger partial charge in [0.25, 0.3) is 0 Å². The SMILES string of the molecule is CC[C@H](O)[C@H](N)c1c(C)cc(C)cc1C.Cl. The third-order valence-electron chi connectivity index (χ3n) is 2.90. The summed E-state index contributed by atoms with van der Waals surface area (Å²) in [4.78, 5) is 0. The van der Waals surface area contributed by atoms with Crippen molar-refractivity contribution in [2.45, 2.75) is 46.3 Å². The zero-order chi connectivity index (χ0) is 11.6. The Morgan fingerprint density at radius 2 is 1.62 bits per heavy atom. The van der Waals surface area contributed by atoms with Crippen LogP contribution in [0.2, 0.25) is 0 Å².